The number of rotatable bonds is 4. The fraction of sp³-hybridized carbons (Fsp3) is 0.375. The Morgan fingerprint density at radius 1 is 1.90 bits per heavy atom. The van der Waals surface area contributed by atoms with Crippen LogP contribution in [0.3, 0.4) is 0 Å². The van der Waals surface area contributed by atoms with E-state index in [0.717, 1.165) is 0 Å². The van der Waals surface area contributed by atoms with Gasteiger partial charge in [-0.2, -0.15) is 0 Å². The summed E-state index contributed by atoms with van der Waals surface area (Å²) in [5, 5.41) is 0. The third-order valence-electron chi connectivity index (χ3n) is 1.10. The van der Waals surface area contributed by atoms with Gasteiger partial charge in [-0.25, -0.2) is 0 Å². The number of hydrogen-bond acceptors (Lipinski definition) is 2. The van der Waals surface area contributed by atoms with Gasteiger partial charge in [0.25, 0.3) is 0 Å². The van der Waals surface area contributed by atoms with Gasteiger partial charge in [0, 0.05) is 12.8 Å². The standard InChI is InChI=1S/C8H11NO/c1-3-5-7(9)8(10)6-4-2/h1,4,7H,2,5-6,9H2. The van der Waals surface area contributed by atoms with Gasteiger partial charge in [-0.15, -0.1) is 18.9 Å². The highest BCUT2D eigenvalue weighted by Crippen LogP contribution is 1.92. The second-order valence-electron chi connectivity index (χ2n) is 1.97. The zero-order chi connectivity index (χ0) is 7.98. The monoisotopic (exact) mass is 137 g/mol. The Hall–Kier alpha value is -1.07. The minimum absolute atomic E-state index is 0.0482. The first-order valence-electron chi connectivity index (χ1n) is 3.05. The summed E-state index contributed by atoms with van der Waals surface area (Å²) in [5.74, 6) is 2.28. The van der Waals surface area contributed by atoms with Crippen molar-refractivity contribution < 1.29 is 4.79 Å². The minimum atomic E-state index is -0.511. The molecule has 0 aliphatic rings. The molecule has 2 N–H and O–H groups in total. The van der Waals surface area contributed by atoms with Gasteiger partial charge in [0.15, 0.2) is 5.78 Å². The van der Waals surface area contributed by atoms with Crippen LogP contribution in [0, 0.1) is 12.3 Å². The van der Waals surface area contributed by atoms with Crippen LogP contribution in [-0.2, 0) is 4.79 Å². The van der Waals surface area contributed by atoms with Gasteiger partial charge in [-0.3, -0.25) is 4.79 Å². The van der Waals surface area contributed by atoms with E-state index >= 15 is 0 Å². The van der Waals surface area contributed by atoms with E-state index in [1.165, 1.54) is 6.08 Å². The fourth-order valence-corrected chi connectivity index (χ4v) is 0.534. The summed E-state index contributed by atoms with van der Waals surface area (Å²) in [4.78, 5) is 10.8. The molecule has 0 saturated carbocycles. The van der Waals surface area contributed by atoms with Crippen LogP contribution in [0.15, 0.2) is 12.7 Å². The molecule has 0 bridgehead atoms. The summed E-state index contributed by atoms with van der Waals surface area (Å²) in [7, 11) is 0. The van der Waals surface area contributed by atoms with E-state index in [1.54, 1.807) is 0 Å². The lowest BCUT2D eigenvalue weighted by atomic mass is 10.1. The van der Waals surface area contributed by atoms with Gasteiger partial charge < -0.3 is 5.73 Å². The van der Waals surface area contributed by atoms with Crippen molar-refractivity contribution in [2.75, 3.05) is 0 Å². The van der Waals surface area contributed by atoms with Crippen molar-refractivity contribution in [3.63, 3.8) is 0 Å². The van der Waals surface area contributed by atoms with E-state index in [1.807, 2.05) is 0 Å². The number of carbonyl (C=O) groups excluding carboxylic acids is 1. The molecule has 0 radical (unpaired) electrons. The van der Waals surface area contributed by atoms with Crippen molar-refractivity contribution >= 4 is 5.78 Å². The molecule has 0 aliphatic carbocycles. The predicted molar refractivity (Wildman–Crippen MR) is 41.2 cm³/mol. The second kappa shape index (κ2) is 4.78. The molecule has 0 spiro atoms. The molecule has 0 aromatic rings. The van der Waals surface area contributed by atoms with Crippen molar-refractivity contribution in [2.45, 2.75) is 18.9 Å². The van der Waals surface area contributed by atoms with E-state index < -0.39 is 6.04 Å². The molecule has 0 aromatic carbocycles. The Morgan fingerprint density at radius 3 is 2.90 bits per heavy atom. The van der Waals surface area contributed by atoms with Crippen LogP contribution in [0.4, 0.5) is 0 Å². The van der Waals surface area contributed by atoms with Crippen LogP contribution >= 0.6 is 0 Å². The Balaban J connectivity index is 3.72. The number of ketones is 1. The number of nitrogens with two attached hydrogens (primary N) is 1. The van der Waals surface area contributed by atoms with Crippen molar-refractivity contribution in [3.05, 3.63) is 12.7 Å². The van der Waals surface area contributed by atoms with Crippen molar-refractivity contribution in [2.24, 2.45) is 5.73 Å². The number of terminal acetylenes is 1. The van der Waals surface area contributed by atoms with Crippen LogP contribution in [0.1, 0.15) is 12.8 Å². The summed E-state index contributed by atoms with van der Waals surface area (Å²) in [6.45, 7) is 3.42. The summed E-state index contributed by atoms with van der Waals surface area (Å²) >= 11 is 0. The maximum absolute atomic E-state index is 10.8. The van der Waals surface area contributed by atoms with E-state index in [0.29, 0.717) is 12.8 Å². The van der Waals surface area contributed by atoms with E-state index in [4.69, 9.17) is 12.2 Å². The van der Waals surface area contributed by atoms with Crippen LogP contribution in [0.2, 0.25) is 0 Å². The lowest BCUT2D eigenvalue weighted by Crippen LogP contribution is -2.29. The molecule has 0 aromatic heterocycles. The van der Waals surface area contributed by atoms with Crippen LogP contribution in [0.5, 0.6) is 0 Å². The molecule has 1 atom stereocenters. The number of carbonyl (C=O) groups is 1. The smallest absolute Gasteiger partial charge is 0.154 e. The lowest BCUT2D eigenvalue weighted by Gasteiger charge is -2.02. The molecule has 0 fully saturated rings. The molecule has 1 unspecified atom stereocenters. The molecule has 2 nitrogen and oxygen atoms in total. The first-order valence-corrected chi connectivity index (χ1v) is 3.05. The van der Waals surface area contributed by atoms with E-state index in [9.17, 15) is 4.79 Å². The van der Waals surface area contributed by atoms with Crippen molar-refractivity contribution in [3.8, 4) is 12.3 Å². The van der Waals surface area contributed by atoms with Gasteiger partial charge in [0.1, 0.15) is 0 Å². The summed E-state index contributed by atoms with van der Waals surface area (Å²) in [6.07, 6.45) is 7.10. The molecule has 0 saturated heterocycles. The van der Waals surface area contributed by atoms with E-state index in [2.05, 4.69) is 12.5 Å². The molecule has 0 amide bonds. The second-order valence-corrected chi connectivity index (χ2v) is 1.97. The lowest BCUT2D eigenvalue weighted by molar-refractivity contribution is -0.119. The SMILES string of the molecule is C#CCC(N)C(=O)CC=C. The number of Topliss-reactive ketones (excluding diaryl/α,β-unsaturated/α-hetero) is 1. The highest BCUT2D eigenvalue weighted by Gasteiger charge is 2.08. The van der Waals surface area contributed by atoms with Crippen LogP contribution < -0.4 is 5.73 Å². The van der Waals surface area contributed by atoms with Crippen molar-refractivity contribution in [1.29, 1.82) is 0 Å². The molecule has 10 heavy (non-hydrogen) atoms. The molecule has 0 rings (SSSR count). The van der Waals surface area contributed by atoms with Crippen LogP contribution in [-0.4, -0.2) is 11.8 Å². The molecular formula is C8H11NO. The summed E-state index contributed by atoms with van der Waals surface area (Å²) in [6, 6.07) is -0.511. The Morgan fingerprint density at radius 2 is 2.50 bits per heavy atom. The van der Waals surface area contributed by atoms with Gasteiger partial charge in [0.05, 0.1) is 6.04 Å². The highest BCUT2D eigenvalue weighted by atomic mass is 16.1. The maximum Gasteiger partial charge on any atom is 0.154 e. The normalized spacial score (nSPS) is 11.6. The first kappa shape index (κ1) is 8.93. The van der Waals surface area contributed by atoms with Gasteiger partial charge in [-0.05, 0) is 0 Å². The van der Waals surface area contributed by atoms with Gasteiger partial charge >= 0.3 is 0 Å². The Kier molecular flexibility index (Phi) is 4.26. The first-order chi connectivity index (χ1) is 4.72. The molecular weight excluding hydrogens is 126 g/mol. The third kappa shape index (κ3) is 3.06. The Labute approximate surface area is 61.1 Å². The van der Waals surface area contributed by atoms with Gasteiger partial charge in [-0.1, -0.05) is 6.08 Å². The van der Waals surface area contributed by atoms with E-state index in [-0.39, 0.29) is 5.78 Å². The molecule has 2 heteroatoms. The minimum Gasteiger partial charge on any atom is -0.321 e. The topological polar surface area (TPSA) is 43.1 Å². The van der Waals surface area contributed by atoms with Crippen LogP contribution in [0.25, 0.3) is 0 Å². The summed E-state index contributed by atoms with van der Waals surface area (Å²) < 4.78 is 0. The number of hydrogen-bond donors (Lipinski definition) is 1. The highest BCUT2D eigenvalue weighted by molar-refractivity contribution is 5.85. The maximum atomic E-state index is 10.8. The zero-order valence-electron chi connectivity index (χ0n) is 5.84. The summed E-state index contributed by atoms with van der Waals surface area (Å²) in [5.41, 5.74) is 5.37. The molecule has 0 heterocycles. The Bertz CT molecular complexity index is 167. The molecule has 0 aliphatic heterocycles. The fourth-order valence-electron chi connectivity index (χ4n) is 0.534. The predicted octanol–water partition coefficient (Wildman–Crippen LogP) is 0.482. The van der Waals surface area contributed by atoms with Gasteiger partial charge in [0.2, 0.25) is 0 Å². The quantitative estimate of drug-likeness (QED) is 0.452. The average molecular weight is 137 g/mol. The average Bonchev–Trinajstić information content (AvgIpc) is 1.89. The third-order valence-corrected chi connectivity index (χ3v) is 1.10. The number of allylic oxidation sites excluding steroid dienone is 1. The zero-order valence-corrected chi connectivity index (χ0v) is 5.84. The molecule has 54 valence electrons. The largest absolute Gasteiger partial charge is 0.321 e. The van der Waals surface area contributed by atoms with Crippen molar-refractivity contribution in [1.82, 2.24) is 0 Å².